The van der Waals surface area contributed by atoms with Crippen molar-refractivity contribution < 1.29 is 5.11 Å². The summed E-state index contributed by atoms with van der Waals surface area (Å²) in [5.41, 5.74) is 2.51. The molecule has 1 aromatic rings. The summed E-state index contributed by atoms with van der Waals surface area (Å²) in [6, 6.07) is 8.76. The maximum Gasteiger partial charge on any atom is 0.0948 e. The first-order chi connectivity index (χ1) is 9.27. The molecule has 0 spiro atoms. The van der Waals surface area contributed by atoms with Gasteiger partial charge in [-0.3, -0.25) is 4.90 Å². The number of rotatable bonds is 1. The van der Waals surface area contributed by atoms with Gasteiger partial charge in [-0.25, -0.2) is 0 Å². The molecule has 3 unspecified atom stereocenters. The van der Waals surface area contributed by atoms with Crippen LogP contribution in [0, 0.1) is 0 Å². The summed E-state index contributed by atoms with van der Waals surface area (Å²) in [5, 5.41) is 10.7. The highest BCUT2D eigenvalue weighted by molar-refractivity contribution is 5.35. The van der Waals surface area contributed by atoms with Crippen molar-refractivity contribution in [2.24, 2.45) is 0 Å². The molecule has 2 aliphatic rings. The second kappa shape index (κ2) is 5.64. The number of aliphatic hydroxyl groups excluding tert-OH is 1. The predicted octanol–water partition coefficient (Wildman–Crippen LogP) is 3.47. The number of nitrogens with zero attached hydrogens (tertiary/aromatic N) is 1. The van der Waals surface area contributed by atoms with Crippen molar-refractivity contribution in [1.82, 2.24) is 4.90 Å². The van der Waals surface area contributed by atoms with E-state index in [0.717, 1.165) is 25.1 Å². The highest BCUT2D eigenvalue weighted by Crippen LogP contribution is 2.40. The Labute approximate surface area is 116 Å². The predicted molar refractivity (Wildman–Crippen MR) is 78.3 cm³/mol. The molecule has 0 aromatic heterocycles. The highest BCUT2D eigenvalue weighted by atomic mass is 16.3. The lowest BCUT2D eigenvalue weighted by Crippen LogP contribution is -2.43. The number of hydrogen-bond donors (Lipinski definition) is 1. The van der Waals surface area contributed by atoms with E-state index in [2.05, 4.69) is 36.1 Å². The van der Waals surface area contributed by atoms with Crippen molar-refractivity contribution >= 4 is 0 Å². The first kappa shape index (κ1) is 13.1. The second-order valence-corrected chi connectivity index (χ2v) is 6.23. The average Bonchev–Trinajstić information content (AvgIpc) is 2.72. The van der Waals surface area contributed by atoms with Crippen LogP contribution in [0.5, 0.6) is 0 Å². The van der Waals surface area contributed by atoms with E-state index in [9.17, 15) is 5.11 Å². The van der Waals surface area contributed by atoms with Crippen LogP contribution in [0.25, 0.3) is 0 Å². The first-order valence-electron chi connectivity index (χ1n) is 7.78. The number of hydrogen-bond acceptors (Lipinski definition) is 2. The van der Waals surface area contributed by atoms with Gasteiger partial charge in [-0.1, -0.05) is 44.0 Å². The topological polar surface area (TPSA) is 23.5 Å². The van der Waals surface area contributed by atoms with Crippen LogP contribution in [0.15, 0.2) is 24.3 Å². The Morgan fingerprint density at radius 1 is 1.00 bits per heavy atom. The molecule has 0 radical (unpaired) electrons. The summed E-state index contributed by atoms with van der Waals surface area (Å²) in [4.78, 5) is 2.55. The van der Waals surface area contributed by atoms with Crippen molar-refractivity contribution in [3.63, 3.8) is 0 Å². The number of aliphatic hydroxyl groups is 1. The Morgan fingerprint density at radius 2 is 1.63 bits per heavy atom. The lowest BCUT2D eigenvalue weighted by Gasteiger charge is -2.40. The molecule has 1 aliphatic carbocycles. The van der Waals surface area contributed by atoms with Crippen LogP contribution in [0.3, 0.4) is 0 Å². The van der Waals surface area contributed by atoms with E-state index in [1.165, 1.54) is 31.2 Å². The molecular weight excluding hydrogens is 234 g/mol. The number of fused-ring (bicyclic) bond motifs is 1. The van der Waals surface area contributed by atoms with E-state index in [-0.39, 0.29) is 6.10 Å². The van der Waals surface area contributed by atoms with Crippen LogP contribution in [0.1, 0.15) is 62.2 Å². The Balaban J connectivity index is 1.84. The quantitative estimate of drug-likeness (QED) is 0.834. The van der Waals surface area contributed by atoms with Crippen molar-refractivity contribution in [1.29, 1.82) is 0 Å². The molecule has 1 fully saturated rings. The second-order valence-electron chi connectivity index (χ2n) is 6.23. The Kier molecular flexibility index (Phi) is 3.90. The van der Waals surface area contributed by atoms with Crippen LogP contribution in [0.4, 0.5) is 0 Å². The molecule has 1 aliphatic heterocycles. The number of likely N-dealkylation sites (tertiary alicyclic amines) is 1. The molecular formula is C17H25NO. The molecule has 3 atom stereocenters. The van der Waals surface area contributed by atoms with Gasteiger partial charge in [0, 0.05) is 6.04 Å². The summed E-state index contributed by atoms with van der Waals surface area (Å²) in [6.07, 6.45) is 6.08. The van der Waals surface area contributed by atoms with E-state index >= 15 is 0 Å². The van der Waals surface area contributed by atoms with Crippen LogP contribution < -0.4 is 0 Å². The van der Waals surface area contributed by atoms with Crippen LogP contribution in [-0.2, 0) is 0 Å². The molecule has 0 bridgehead atoms. The fourth-order valence-electron chi connectivity index (χ4n) is 3.83. The van der Waals surface area contributed by atoms with Gasteiger partial charge < -0.3 is 5.11 Å². The van der Waals surface area contributed by atoms with Gasteiger partial charge in [-0.05, 0) is 49.4 Å². The average molecular weight is 259 g/mol. The summed E-state index contributed by atoms with van der Waals surface area (Å²) in [7, 11) is 0. The third-order valence-corrected chi connectivity index (χ3v) is 4.91. The lowest BCUT2D eigenvalue weighted by molar-refractivity contribution is 0.0328. The van der Waals surface area contributed by atoms with Crippen LogP contribution >= 0.6 is 0 Å². The van der Waals surface area contributed by atoms with Gasteiger partial charge in [0.15, 0.2) is 0 Å². The van der Waals surface area contributed by atoms with E-state index in [1.54, 1.807) is 0 Å². The number of benzene rings is 1. The molecule has 2 nitrogen and oxygen atoms in total. The summed E-state index contributed by atoms with van der Waals surface area (Å²) in [6.45, 7) is 4.63. The van der Waals surface area contributed by atoms with Gasteiger partial charge in [-0.15, -0.1) is 0 Å². The molecule has 3 rings (SSSR count). The maximum absolute atomic E-state index is 10.7. The fourth-order valence-corrected chi connectivity index (χ4v) is 3.83. The molecule has 0 saturated carbocycles. The molecule has 1 heterocycles. The van der Waals surface area contributed by atoms with Gasteiger partial charge in [-0.2, -0.15) is 0 Å². The smallest absolute Gasteiger partial charge is 0.0948 e. The van der Waals surface area contributed by atoms with E-state index in [0.29, 0.717) is 12.0 Å². The van der Waals surface area contributed by atoms with Crippen LogP contribution in [0.2, 0.25) is 0 Å². The van der Waals surface area contributed by atoms with Gasteiger partial charge in [0.1, 0.15) is 0 Å². The van der Waals surface area contributed by atoms with Crippen molar-refractivity contribution in [2.45, 2.75) is 57.1 Å². The maximum atomic E-state index is 10.7. The van der Waals surface area contributed by atoms with E-state index in [4.69, 9.17) is 0 Å². The standard InChI is InChI=1S/C17H25NO/c1-13-12-16(18-10-6-2-3-7-11-18)17(19)15-9-5-4-8-14(13)15/h4-5,8-9,13,16-17,19H,2-3,6-7,10-12H2,1H3. The summed E-state index contributed by atoms with van der Waals surface area (Å²) >= 11 is 0. The van der Waals surface area contributed by atoms with Gasteiger partial charge >= 0.3 is 0 Å². The highest BCUT2D eigenvalue weighted by Gasteiger charge is 2.35. The summed E-state index contributed by atoms with van der Waals surface area (Å²) in [5.74, 6) is 0.563. The fraction of sp³-hybridized carbons (Fsp3) is 0.647. The van der Waals surface area contributed by atoms with Crippen molar-refractivity contribution in [3.05, 3.63) is 35.4 Å². The molecule has 1 aromatic carbocycles. The summed E-state index contributed by atoms with van der Waals surface area (Å²) < 4.78 is 0. The Morgan fingerprint density at radius 3 is 2.32 bits per heavy atom. The zero-order valence-corrected chi connectivity index (χ0v) is 11.9. The molecule has 19 heavy (non-hydrogen) atoms. The minimum Gasteiger partial charge on any atom is -0.387 e. The zero-order chi connectivity index (χ0) is 13.2. The van der Waals surface area contributed by atoms with Crippen LogP contribution in [-0.4, -0.2) is 29.1 Å². The Hall–Kier alpha value is -0.860. The minimum atomic E-state index is -0.300. The van der Waals surface area contributed by atoms with E-state index < -0.39 is 0 Å². The van der Waals surface area contributed by atoms with E-state index in [1.807, 2.05) is 0 Å². The van der Waals surface area contributed by atoms with Crippen molar-refractivity contribution in [3.8, 4) is 0 Å². The largest absolute Gasteiger partial charge is 0.387 e. The first-order valence-corrected chi connectivity index (χ1v) is 7.78. The minimum absolute atomic E-state index is 0.300. The SMILES string of the molecule is CC1CC(N2CCCCCC2)C(O)c2ccccc21. The Bertz CT molecular complexity index is 423. The monoisotopic (exact) mass is 259 g/mol. The van der Waals surface area contributed by atoms with Gasteiger partial charge in [0.2, 0.25) is 0 Å². The zero-order valence-electron chi connectivity index (χ0n) is 11.9. The lowest BCUT2D eigenvalue weighted by atomic mass is 9.78. The normalized spacial score (nSPS) is 32.6. The third kappa shape index (κ3) is 2.56. The molecule has 1 saturated heterocycles. The molecule has 2 heteroatoms. The third-order valence-electron chi connectivity index (χ3n) is 4.91. The van der Waals surface area contributed by atoms with Crippen molar-refractivity contribution in [2.75, 3.05) is 13.1 Å². The van der Waals surface area contributed by atoms with Gasteiger partial charge in [0.05, 0.1) is 6.10 Å². The molecule has 104 valence electrons. The molecule has 0 amide bonds. The molecule has 1 N–H and O–H groups in total. The van der Waals surface area contributed by atoms with Gasteiger partial charge in [0.25, 0.3) is 0 Å².